The molecule has 16 rings (SSSR count). The van der Waals surface area contributed by atoms with Gasteiger partial charge in [0.1, 0.15) is 37.9 Å². The van der Waals surface area contributed by atoms with Crippen LogP contribution in [0.3, 0.4) is 0 Å². The van der Waals surface area contributed by atoms with Gasteiger partial charge in [-0.1, -0.05) is 103 Å². The second-order valence-electron chi connectivity index (χ2n) is 25.0. The molecule has 0 bridgehead atoms. The molecule has 0 atom stereocenters. The number of benzene rings is 6. The van der Waals surface area contributed by atoms with E-state index in [0.29, 0.717) is 22.8 Å². The van der Waals surface area contributed by atoms with Crippen molar-refractivity contribution in [2.45, 2.75) is 48.5 Å². The molecule has 6 aromatic carbocycles. The Morgan fingerprint density at radius 2 is 0.677 bits per heavy atom. The van der Waals surface area contributed by atoms with Crippen molar-refractivity contribution >= 4 is 86.0 Å². The smallest absolute Gasteiger partial charge is 0.245 e. The average Bonchev–Trinajstić information content (AvgIpc) is 1.78. The molecule has 0 fully saturated rings. The van der Waals surface area contributed by atoms with E-state index in [1.165, 1.54) is 34.8 Å². The van der Waals surface area contributed by atoms with Gasteiger partial charge in [-0.05, 0) is 189 Å². The molecule has 14 heteroatoms. The summed E-state index contributed by atoms with van der Waals surface area (Å²) in [4.78, 5) is 14.5. The van der Waals surface area contributed by atoms with E-state index in [1.807, 2.05) is 232 Å². The third kappa shape index (κ3) is 13.9. The first-order valence-electron chi connectivity index (χ1n) is 32.5. The van der Waals surface area contributed by atoms with Gasteiger partial charge in [0.25, 0.3) is 0 Å². The summed E-state index contributed by atoms with van der Waals surface area (Å²) in [5.74, 6) is -0.825. The predicted molar refractivity (Wildman–Crippen MR) is 404 cm³/mol. The first kappa shape index (κ1) is 67.4. The Balaban J connectivity index is 0.000000119. The highest BCUT2D eigenvalue weighted by atomic mass is 32.1. The summed E-state index contributed by atoms with van der Waals surface area (Å²) in [6.45, 7) is 14.3. The van der Waals surface area contributed by atoms with Crippen molar-refractivity contribution in [3.8, 4) is 89.5 Å². The molecule has 16 aromatic rings. The molecule has 6 nitrogen and oxygen atoms in total. The van der Waals surface area contributed by atoms with Crippen LogP contribution in [0.15, 0.2) is 237 Å². The number of nitrogens with zero attached hydrogens (tertiary/aromatic N) is 6. The van der Waals surface area contributed by atoms with E-state index < -0.39 is 0 Å². The van der Waals surface area contributed by atoms with Crippen molar-refractivity contribution in [2.24, 2.45) is 28.2 Å². The highest BCUT2D eigenvalue weighted by Gasteiger charge is 2.26. The second-order valence-corrected chi connectivity index (χ2v) is 29.7. The Hall–Kier alpha value is -10.2. The fourth-order valence-corrected chi connectivity index (χ4v) is 16.9. The molecule has 0 spiro atoms. The van der Waals surface area contributed by atoms with E-state index in [1.54, 1.807) is 82.0 Å². The van der Waals surface area contributed by atoms with Gasteiger partial charge in [-0.25, -0.2) is 9.97 Å². The molecule has 0 aliphatic rings. The Labute approximate surface area is 590 Å². The predicted octanol–water partition coefficient (Wildman–Crippen LogP) is 21.7. The number of hydrogen-bond donors (Lipinski definition) is 0. The summed E-state index contributed by atoms with van der Waals surface area (Å²) in [5, 5.41) is 6.55. The number of thiophene rings is 4. The molecule has 0 saturated heterocycles. The summed E-state index contributed by atoms with van der Waals surface area (Å²) in [6.07, 6.45) is 11.6. The lowest BCUT2D eigenvalue weighted by molar-refractivity contribution is -0.661. The molecular weight excluding hydrogens is 1310 g/mol. The van der Waals surface area contributed by atoms with Gasteiger partial charge in [-0.3, -0.25) is 0 Å². The minimum Gasteiger partial charge on any atom is -0.245 e. The molecule has 0 aliphatic carbocycles. The third-order valence-electron chi connectivity index (χ3n) is 17.9. The van der Waals surface area contributed by atoms with Gasteiger partial charge in [-0.15, -0.1) is 45.3 Å². The second kappa shape index (κ2) is 28.7. The Morgan fingerprint density at radius 3 is 1.13 bits per heavy atom. The number of halogens is 4. The standard InChI is InChI=1S/2C22H19FNS.C21H18FN2S.C20H16FN2S/c1-14-7-4-5-9-18(14)21-20(23)12-17(13-24(21)3)19-10-6-8-16-11-15(2)25-22(16)19;1-14-7-4-5-8-17(14)22-20(23)12-16(13-24(22)3)18-9-6-10-21-19(18)11-15(2)25-21;1-13-6-4-5-7-16(13)20-19(22)11-15(12-24(20)3)17-8-9-23-21-18(17)10-14(2)25-21;1-13-5-3-4-6-15(13)19-18(21)11-14(12-23(19)2)16-7-9-22-20-17(16)8-10-24-20/h2*4-13H,1-3H3;4-12H,1-3H3;3-12H,1-2H3/q4*+1. The van der Waals surface area contributed by atoms with Crippen LogP contribution in [0.4, 0.5) is 17.6 Å². The van der Waals surface area contributed by atoms with Crippen LogP contribution in [0.25, 0.3) is 130 Å². The summed E-state index contributed by atoms with van der Waals surface area (Å²) in [5.41, 5.74) is 18.1. The van der Waals surface area contributed by atoms with Gasteiger partial charge >= 0.3 is 0 Å². The molecule has 0 unspecified atom stereocenters. The van der Waals surface area contributed by atoms with E-state index in [9.17, 15) is 4.39 Å². The molecule has 0 aliphatic heterocycles. The minimum atomic E-state index is -0.218. The van der Waals surface area contributed by atoms with Gasteiger partial charge in [0, 0.05) is 74.8 Å². The van der Waals surface area contributed by atoms with E-state index >= 15 is 13.2 Å². The first-order valence-corrected chi connectivity index (χ1v) is 35.8. The molecule has 0 N–H and O–H groups in total. The van der Waals surface area contributed by atoms with E-state index in [2.05, 4.69) is 73.2 Å². The first-order chi connectivity index (χ1) is 47.8. The number of aryl methyl sites for hydroxylation is 11. The number of hydrogen-bond acceptors (Lipinski definition) is 6. The largest absolute Gasteiger partial charge is 0.248 e. The monoisotopic (exact) mass is 1380 g/mol. The van der Waals surface area contributed by atoms with Gasteiger partial charge in [-0.2, -0.15) is 35.8 Å². The van der Waals surface area contributed by atoms with Crippen LogP contribution in [0.1, 0.15) is 36.9 Å². The Morgan fingerprint density at radius 1 is 0.313 bits per heavy atom. The fraction of sp³-hybridized carbons (Fsp3) is 0.129. The summed E-state index contributed by atoms with van der Waals surface area (Å²) < 4.78 is 70.1. The number of rotatable bonds is 8. The van der Waals surface area contributed by atoms with E-state index in [0.717, 1.165) is 109 Å². The lowest BCUT2D eigenvalue weighted by Crippen LogP contribution is -2.32. The molecule has 0 saturated carbocycles. The molecule has 0 amide bonds. The summed E-state index contributed by atoms with van der Waals surface area (Å²) >= 11 is 6.78. The maximum absolute atomic E-state index is 15.1. The zero-order valence-electron chi connectivity index (χ0n) is 56.8. The lowest BCUT2D eigenvalue weighted by Gasteiger charge is -2.08. The van der Waals surface area contributed by atoms with Crippen LogP contribution in [0, 0.1) is 71.7 Å². The van der Waals surface area contributed by atoms with Crippen molar-refractivity contribution in [1.82, 2.24) is 9.97 Å². The number of pyridine rings is 6. The van der Waals surface area contributed by atoms with E-state index in [-0.39, 0.29) is 23.3 Å². The van der Waals surface area contributed by atoms with Gasteiger partial charge in [0.15, 0.2) is 48.1 Å². The molecular formula is C85H72F4N6S4+4. The Kier molecular flexibility index (Phi) is 19.5. The third-order valence-corrected chi connectivity index (χ3v) is 21.8. The van der Waals surface area contributed by atoms with Gasteiger partial charge in [0.05, 0.1) is 27.8 Å². The molecule has 490 valence electrons. The maximum atomic E-state index is 15.1. The Bertz CT molecular complexity index is 5230. The van der Waals surface area contributed by atoms with Crippen LogP contribution in [0.5, 0.6) is 0 Å². The van der Waals surface area contributed by atoms with Crippen molar-refractivity contribution < 1.29 is 35.8 Å². The highest BCUT2D eigenvalue weighted by molar-refractivity contribution is 7.20. The molecule has 0 radical (unpaired) electrons. The molecule has 10 heterocycles. The van der Waals surface area contributed by atoms with Crippen molar-refractivity contribution in [2.75, 3.05) is 0 Å². The maximum Gasteiger partial charge on any atom is 0.248 e. The van der Waals surface area contributed by atoms with Crippen LogP contribution >= 0.6 is 45.3 Å². The zero-order chi connectivity index (χ0) is 69.3. The van der Waals surface area contributed by atoms with Crippen LogP contribution in [-0.2, 0) is 28.2 Å². The number of aromatic nitrogens is 6. The van der Waals surface area contributed by atoms with Crippen molar-refractivity contribution in [3.05, 3.63) is 297 Å². The molecule has 99 heavy (non-hydrogen) atoms. The van der Waals surface area contributed by atoms with E-state index in [4.69, 9.17) is 0 Å². The lowest BCUT2D eigenvalue weighted by atomic mass is 10.00. The average molecular weight is 1380 g/mol. The van der Waals surface area contributed by atoms with Crippen LogP contribution < -0.4 is 18.3 Å². The number of fused-ring (bicyclic) bond motifs is 4. The molecule has 10 aromatic heterocycles. The van der Waals surface area contributed by atoms with Crippen LogP contribution in [-0.4, -0.2) is 9.97 Å². The topological polar surface area (TPSA) is 41.3 Å². The van der Waals surface area contributed by atoms with Crippen LogP contribution in [0.2, 0.25) is 0 Å². The summed E-state index contributed by atoms with van der Waals surface area (Å²) in [6, 6.07) is 63.0. The normalized spacial score (nSPS) is 11.2. The SMILES string of the molecule is Cc1cc2c(-c3cc(F)c(-c4ccccc4C)[n+](C)c3)cccc2s1.Cc1cc2c(-c3cc(F)c(-c4ccccc4C)[n+](C)c3)ccnc2s1.Cc1cc2cccc(-c3cc(F)c(-c4ccccc4C)[n+](C)c3)c2s1.Cc1ccccc1-c1c(F)cc(-c2ccnc3sccc23)c[n+]1C. The quantitative estimate of drug-likeness (QED) is 0.112. The fourth-order valence-electron chi connectivity index (χ4n) is 13.3. The summed E-state index contributed by atoms with van der Waals surface area (Å²) in [7, 11) is 7.60. The minimum absolute atomic E-state index is 0.195. The van der Waals surface area contributed by atoms with Crippen molar-refractivity contribution in [1.29, 1.82) is 0 Å². The van der Waals surface area contributed by atoms with Gasteiger partial charge < -0.3 is 0 Å². The highest BCUT2D eigenvalue weighted by Crippen LogP contribution is 2.39. The van der Waals surface area contributed by atoms with Gasteiger partial charge in [0.2, 0.25) is 22.8 Å². The zero-order valence-corrected chi connectivity index (χ0v) is 60.1. The van der Waals surface area contributed by atoms with Crippen molar-refractivity contribution in [3.63, 3.8) is 0 Å².